The summed E-state index contributed by atoms with van der Waals surface area (Å²) in [4.78, 5) is 13.7. The summed E-state index contributed by atoms with van der Waals surface area (Å²) in [6.45, 7) is 0.200. The molecule has 4 rings (SSSR count). The highest BCUT2D eigenvalue weighted by atomic mass is 32.2. The number of halogens is 1. The van der Waals surface area contributed by atoms with E-state index in [1.54, 1.807) is 11.3 Å². The van der Waals surface area contributed by atoms with Crippen molar-refractivity contribution in [3.8, 4) is 0 Å². The molecule has 2 aromatic heterocycles. The summed E-state index contributed by atoms with van der Waals surface area (Å²) in [7, 11) is -3.93. The van der Waals surface area contributed by atoms with Gasteiger partial charge in [-0.15, -0.1) is 16.4 Å². The summed E-state index contributed by atoms with van der Waals surface area (Å²) in [6, 6.07) is 7.39. The van der Waals surface area contributed by atoms with Crippen LogP contribution < -0.4 is 5.32 Å². The molecule has 1 aliphatic rings. The Morgan fingerprint density at radius 2 is 2.07 bits per heavy atom. The van der Waals surface area contributed by atoms with Gasteiger partial charge >= 0.3 is 6.01 Å². The molecular formula is C18H17FN4O4S2. The maximum atomic E-state index is 13.1. The van der Waals surface area contributed by atoms with Crippen LogP contribution in [-0.4, -0.2) is 41.4 Å². The zero-order valence-corrected chi connectivity index (χ0v) is 16.7. The fourth-order valence-electron chi connectivity index (χ4n) is 3.16. The first kappa shape index (κ1) is 19.7. The molecule has 29 heavy (non-hydrogen) atoms. The predicted octanol–water partition coefficient (Wildman–Crippen LogP) is 2.65. The van der Waals surface area contributed by atoms with E-state index >= 15 is 0 Å². The van der Waals surface area contributed by atoms with E-state index in [-0.39, 0.29) is 17.5 Å². The Morgan fingerprint density at radius 3 is 2.79 bits per heavy atom. The lowest BCUT2D eigenvalue weighted by molar-refractivity contribution is -0.119. The molecule has 1 N–H and O–H groups in total. The lowest BCUT2D eigenvalue weighted by Crippen LogP contribution is -2.43. The van der Waals surface area contributed by atoms with E-state index in [0.717, 1.165) is 21.3 Å². The summed E-state index contributed by atoms with van der Waals surface area (Å²) in [5.74, 6) is -0.723. The van der Waals surface area contributed by atoms with Gasteiger partial charge in [0.25, 0.3) is 0 Å². The van der Waals surface area contributed by atoms with Crippen molar-refractivity contribution in [3.63, 3.8) is 0 Å². The van der Waals surface area contributed by atoms with Gasteiger partial charge in [0.15, 0.2) is 0 Å². The van der Waals surface area contributed by atoms with Gasteiger partial charge in [0, 0.05) is 11.4 Å². The third kappa shape index (κ3) is 4.21. The highest BCUT2D eigenvalue weighted by molar-refractivity contribution is 7.89. The smallest absolute Gasteiger partial charge is 0.322 e. The number of rotatable bonds is 6. The zero-order chi connectivity index (χ0) is 20.4. The van der Waals surface area contributed by atoms with Crippen molar-refractivity contribution in [2.75, 3.05) is 11.9 Å². The molecule has 0 saturated carbocycles. The van der Waals surface area contributed by atoms with Crippen LogP contribution in [0.1, 0.15) is 23.6 Å². The molecule has 0 bridgehead atoms. The zero-order valence-electron chi connectivity index (χ0n) is 15.1. The Labute approximate surface area is 170 Å². The summed E-state index contributed by atoms with van der Waals surface area (Å²) in [5.41, 5.74) is 0. The second-order valence-corrected chi connectivity index (χ2v) is 9.40. The number of nitrogens with zero attached hydrogens (tertiary/aromatic N) is 3. The molecular weight excluding hydrogens is 419 g/mol. The van der Waals surface area contributed by atoms with Gasteiger partial charge in [0.1, 0.15) is 11.9 Å². The first-order valence-corrected chi connectivity index (χ1v) is 11.2. The Hall–Kier alpha value is -2.63. The van der Waals surface area contributed by atoms with Crippen LogP contribution in [0.2, 0.25) is 0 Å². The molecule has 11 heteroatoms. The maximum absolute atomic E-state index is 13.1. The standard InChI is InChI=1S/C18H17FN4O4S2/c19-12-5-7-14(8-6-12)29(25,26)23-9-1-4-15(23)17(24)20-18-22-21-16(27-18)11-13-3-2-10-28-13/h2-3,5-8,10,15H,1,4,9,11H2,(H,20,22,24). The van der Waals surface area contributed by atoms with Crippen LogP contribution in [-0.2, 0) is 21.2 Å². The first-order valence-electron chi connectivity index (χ1n) is 8.86. The van der Waals surface area contributed by atoms with Crippen molar-refractivity contribution in [1.29, 1.82) is 0 Å². The number of hydrogen-bond donors (Lipinski definition) is 1. The lowest BCUT2D eigenvalue weighted by atomic mass is 10.2. The average Bonchev–Trinajstić information content (AvgIpc) is 3.44. The van der Waals surface area contributed by atoms with Gasteiger partial charge in [0.05, 0.1) is 11.3 Å². The van der Waals surface area contributed by atoms with Crippen molar-refractivity contribution in [3.05, 3.63) is 58.4 Å². The Balaban J connectivity index is 1.46. The number of aromatic nitrogens is 2. The van der Waals surface area contributed by atoms with Crippen LogP contribution in [0.15, 0.2) is 51.1 Å². The first-order chi connectivity index (χ1) is 13.9. The summed E-state index contributed by atoms with van der Waals surface area (Å²) in [6.07, 6.45) is 1.35. The second-order valence-electron chi connectivity index (χ2n) is 6.47. The van der Waals surface area contributed by atoms with Gasteiger partial charge in [-0.2, -0.15) is 4.31 Å². The molecule has 3 heterocycles. The minimum absolute atomic E-state index is 0.0605. The highest BCUT2D eigenvalue weighted by Crippen LogP contribution is 2.27. The van der Waals surface area contributed by atoms with Crippen molar-refractivity contribution < 1.29 is 22.0 Å². The van der Waals surface area contributed by atoms with Crippen molar-refractivity contribution in [2.24, 2.45) is 0 Å². The topological polar surface area (TPSA) is 105 Å². The molecule has 0 aliphatic carbocycles. The molecule has 3 aromatic rings. The van der Waals surface area contributed by atoms with E-state index in [1.165, 1.54) is 12.1 Å². The van der Waals surface area contributed by atoms with E-state index < -0.39 is 27.8 Å². The van der Waals surface area contributed by atoms with Crippen LogP contribution in [0.4, 0.5) is 10.4 Å². The van der Waals surface area contributed by atoms with Crippen LogP contribution in [0, 0.1) is 5.82 Å². The highest BCUT2D eigenvalue weighted by Gasteiger charge is 2.39. The summed E-state index contributed by atoms with van der Waals surface area (Å²) in [5, 5.41) is 12.2. The van der Waals surface area contributed by atoms with Crippen molar-refractivity contribution in [1.82, 2.24) is 14.5 Å². The fraction of sp³-hybridized carbons (Fsp3) is 0.278. The number of anilines is 1. The van der Waals surface area contributed by atoms with Crippen molar-refractivity contribution >= 4 is 33.3 Å². The molecule has 152 valence electrons. The number of benzene rings is 1. The summed E-state index contributed by atoms with van der Waals surface area (Å²) < 4.78 is 45.4. The number of carbonyl (C=O) groups is 1. The number of amides is 1. The van der Waals surface area contributed by atoms with Crippen LogP contribution in [0.5, 0.6) is 0 Å². The fourth-order valence-corrected chi connectivity index (χ4v) is 5.51. The predicted molar refractivity (Wildman–Crippen MR) is 103 cm³/mol. The third-order valence-corrected chi connectivity index (χ3v) is 7.33. The van der Waals surface area contributed by atoms with E-state index in [9.17, 15) is 17.6 Å². The number of hydrogen-bond acceptors (Lipinski definition) is 7. The lowest BCUT2D eigenvalue weighted by Gasteiger charge is -2.22. The molecule has 1 aromatic carbocycles. The van der Waals surface area contributed by atoms with Gasteiger partial charge < -0.3 is 4.42 Å². The Bertz CT molecular complexity index is 1100. The average molecular weight is 436 g/mol. The second kappa shape index (κ2) is 8.01. The SMILES string of the molecule is O=C(Nc1nnc(Cc2cccs2)o1)C1CCCN1S(=O)(=O)c1ccc(F)cc1. The molecule has 8 nitrogen and oxygen atoms in total. The van der Waals surface area contributed by atoms with E-state index in [2.05, 4.69) is 15.5 Å². The molecule has 1 fully saturated rings. The van der Waals surface area contributed by atoms with E-state index in [4.69, 9.17) is 4.42 Å². The molecule has 1 atom stereocenters. The molecule has 1 unspecified atom stereocenters. The van der Waals surface area contributed by atoms with Crippen LogP contribution in [0.3, 0.4) is 0 Å². The number of carbonyl (C=O) groups excluding carboxylic acids is 1. The van der Waals surface area contributed by atoms with E-state index in [1.807, 2.05) is 17.5 Å². The number of thiophene rings is 1. The van der Waals surface area contributed by atoms with Gasteiger partial charge in [0.2, 0.25) is 21.8 Å². The third-order valence-electron chi connectivity index (χ3n) is 4.53. The molecule has 1 amide bonds. The largest absolute Gasteiger partial charge is 0.407 e. The quantitative estimate of drug-likeness (QED) is 0.637. The van der Waals surface area contributed by atoms with Crippen LogP contribution >= 0.6 is 11.3 Å². The number of sulfonamides is 1. The van der Waals surface area contributed by atoms with Gasteiger partial charge in [-0.1, -0.05) is 11.2 Å². The summed E-state index contributed by atoms with van der Waals surface area (Å²) >= 11 is 1.55. The molecule has 0 radical (unpaired) electrons. The molecule has 1 saturated heterocycles. The Kier molecular flexibility index (Phi) is 5.43. The van der Waals surface area contributed by atoms with Gasteiger partial charge in [-0.3, -0.25) is 10.1 Å². The minimum Gasteiger partial charge on any atom is -0.407 e. The van der Waals surface area contributed by atoms with Crippen molar-refractivity contribution in [2.45, 2.75) is 30.2 Å². The van der Waals surface area contributed by atoms with Gasteiger partial charge in [-0.05, 0) is 48.6 Å². The normalized spacial score (nSPS) is 17.5. The molecule has 1 aliphatic heterocycles. The monoisotopic (exact) mass is 436 g/mol. The molecule has 0 spiro atoms. The van der Waals surface area contributed by atoms with E-state index in [0.29, 0.717) is 25.2 Å². The van der Waals surface area contributed by atoms with Gasteiger partial charge in [-0.25, -0.2) is 12.8 Å². The van der Waals surface area contributed by atoms with Crippen LogP contribution in [0.25, 0.3) is 0 Å². The minimum atomic E-state index is -3.93. The number of nitrogens with one attached hydrogen (secondary N) is 1. The maximum Gasteiger partial charge on any atom is 0.322 e. The Morgan fingerprint density at radius 1 is 1.28 bits per heavy atom.